The van der Waals surface area contributed by atoms with E-state index in [0.29, 0.717) is 23.6 Å². The quantitative estimate of drug-likeness (QED) is 0.782. The third kappa shape index (κ3) is 2.91. The minimum atomic E-state index is -4.43. The van der Waals surface area contributed by atoms with Crippen molar-refractivity contribution in [2.45, 2.75) is 37.5 Å². The number of alkyl halides is 3. The van der Waals surface area contributed by atoms with E-state index >= 15 is 0 Å². The zero-order chi connectivity index (χ0) is 15.2. The molecule has 0 saturated heterocycles. The van der Waals surface area contributed by atoms with Crippen LogP contribution in [0.5, 0.6) is 0 Å². The van der Waals surface area contributed by atoms with Crippen molar-refractivity contribution in [3.63, 3.8) is 0 Å². The molecule has 1 aliphatic carbocycles. The molecule has 0 radical (unpaired) electrons. The fraction of sp³-hybridized carbons (Fsp3) is 0.500. The molecule has 1 aliphatic heterocycles. The Kier molecular flexibility index (Phi) is 3.22. The second-order valence-electron chi connectivity index (χ2n) is 5.63. The molecule has 1 amide bonds. The minimum absolute atomic E-state index is 0.117. The molecule has 21 heavy (non-hydrogen) atoms. The maximum Gasteiger partial charge on any atom is 0.416 e. The Morgan fingerprint density at radius 1 is 1.33 bits per heavy atom. The molecule has 0 spiro atoms. The summed E-state index contributed by atoms with van der Waals surface area (Å²) >= 11 is 0. The number of carbonyl (C=O) groups is 1. The molecule has 3 rings (SSSR count). The zero-order valence-electron chi connectivity index (χ0n) is 11.1. The maximum atomic E-state index is 12.8. The van der Waals surface area contributed by atoms with E-state index in [-0.39, 0.29) is 6.04 Å². The number of rotatable bonds is 2. The predicted molar refractivity (Wildman–Crippen MR) is 70.1 cm³/mol. The van der Waals surface area contributed by atoms with E-state index in [0.717, 1.165) is 25.0 Å². The number of nitrogens with one attached hydrogen (secondary N) is 2. The van der Waals surface area contributed by atoms with E-state index in [1.807, 2.05) is 0 Å². The van der Waals surface area contributed by atoms with E-state index in [9.17, 15) is 18.0 Å². The van der Waals surface area contributed by atoms with E-state index in [2.05, 4.69) is 10.6 Å². The van der Waals surface area contributed by atoms with Crippen LogP contribution < -0.4 is 10.6 Å². The van der Waals surface area contributed by atoms with Crippen LogP contribution in [0.3, 0.4) is 0 Å². The molecule has 1 aromatic rings. The number of benzene rings is 1. The Bertz CT molecular complexity index is 570. The molecule has 2 atom stereocenters. The van der Waals surface area contributed by atoms with Gasteiger partial charge in [0.05, 0.1) is 11.6 Å². The third-order valence-electron chi connectivity index (χ3n) is 4.07. The predicted octanol–water partition coefficient (Wildman–Crippen LogP) is 3.61. The fourth-order valence-corrected chi connectivity index (χ4v) is 2.89. The van der Waals surface area contributed by atoms with Crippen molar-refractivity contribution in [2.24, 2.45) is 5.92 Å². The summed E-state index contributed by atoms with van der Waals surface area (Å²) in [6, 6.07) is 2.96. The van der Waals surface area contributed by atoms with Crippen LogP contribution in [0, 0.1) is 5.92 Å². The molecule has 0 unspecified atom stereocenters. The molecule has 1 fully saturated rings. The van der Waals surface area contributed by atoms with Gasteiger partial charge in [0.1, 0.15) is 0 Å². The van der Waals surface area contributed by atoms with Crippen LogP contribution in [-0.2, 0) is 6.18 Å². The number of carboxylic acid groups (broad SMARTS) is 1. The molecule has 3 N–H and O–H groups in total. The summed E-state index contributed by atoms with van der Waals surface area (Å²) in [5, 5.41) is 14.5. The lowest BCUT2D eigenvalue weighted by molar-refractivity contribution is -0.137. The summed E-state index contributed by atoms with van der Waals surface area (Å²) in [6.07, 6.45) is -3.03. The van der Waals surface area contributed by atoms with Gasteiger partial charge in [-0.3, -0.25) is 0 Å². The van der Waals surface area contributed by atoms with Crippen LogP contribution in [0.15, 0.2) is 18.2 Å². The van der Waals surface area contributed by atoms with Gasteiger partial charge >= 0.3 is 12.3 Å². The van der Waals surface area contributed by atoms with Crippen LogP contribution in [0.4, 0.5) is 23.7 Å². The molecule has 1 aromatic carbocycles. The van der Waals surface area contributed by atoms with Gasteiger partial charge in [-0.1, -0.05) is 0 Å². The first kappa shape index (κ1) is 14.0. The number of anilines is 1. The topological polar surface area (TPSA) is 61.4 Å². The Balaban J connectivity index is 1.95. The molecule has 4 nitrogen and oxygen atoms in total. The monoisotopic (exact) mass is 300 g/mol. The highest BCUT2D eigenvalue weighted by molar-refractivity contribution is 5.67. The first-order chi connectivity index (χ1) is 9.84. The van der Waals surface area contributed by atoms with Gasteiger partial charge in [0, 0.05) is 11.7 Å². The highest BCUT2D eigenvalue weighted by Crippen LogP contribution is 2.44. The molecular weight excluding hydrogens is 285 g/mol. The largest absolute Gasteiger partial charge is 0.465 e. The van der Waals surface area contributed by atoms with Crippen LogP contribution in [0.1, 0.15) is 36.4 Å². The van der Waals surface area contributed by atoms with Crippen molar-refractivity contribution >= 4 is 11.8 Å². The second-order valence-corrected chi connectivity index (χ2v) is 5.63. The molecule has 2 aliphatic rings. The van der Waals surface area contributed by atoms with Crippen molar-refractivity contribution in [1.82, 2.24) is 5.32 Å². The van der Waals surface area contributed by atoms with Gasteiger partial charge in [0.25, 0.3) is 0 Å². The number of amides is 1. The van der Waals surface area contributed by atoms with Gasteiger partial charge in [0.2, 0.25) is 0 Å². The molecule has 114 valence electrons. The number of hydrogen-bond donors (Lipinski definition) is 3. The van der Waals surface area contributed by atoms with Gasteiger partial charge in [-0.25, -0.2) is 4.79 Å². The standard InChI is InChI=1S/C14H15F3N2O2/c15-14(16,17)8-3-4-10-9(5-8)12(19-13(20)21)6-11(18-10)7-1-2-7/h3-5,7,11-12,18-19H,1-2,6H2,(H,20,21)/t11-,12-/m0/s1. The summed E-state index contributed by atoms with van der Waals surface area (Å²) in [6.45, 7) is 0. The summed E-state index contributed by atoms with van der Waals surface area (Å²) in [4.78, 5) is 10.9. The van der Waals surface area contributed by atoms with Crippen LogP contribution in [-0.4, -0.2) is 17.2 Å². The summed E-state index contributed by atoms with van der Waals surface area (Å²) < 4.78 is 38.4. The third-order valence-corrected chi connectivity index (χ3v) is 4.07. The second kappa shape index (κ2) is 4.82. The number of halogens is 3. The van der Waals surface area contributed by atoms with Crippen molar-refractivity contribution < 1.29 is 23.1 Å². The van der Waals surface area contributed by atoms with Crippen LogP contribution in [0.2, 0.25) is 0 Å². The lowest BCUT2D eigenvalue weighted by Crippen LogP contribution is -2.38. The highest BCUT2D eigenvalue weighted by atomic mass is 19.4. The van der Waals surface area contributed by atoms with Crippen molar-refractivity contribution in [3.05, 3.63) is 29.3 Å². The summed E-state index contributed by atoms with van der Waals surface area (Å²) in [7, 11) is 0. The highest BCUT2D eigenvalue weighted by Gasteiger charge is 2.39. The number of hydrogen-bond acceptors (Lipinski definition) is 2. The maximum absolute atomic E-state index is 12.8. The summed E-state index contributed by atoms with van der Waals surface area (Å²) in [5.74, 6) is 0.485. The molecular formula is C14H15F3N2O2. The van der Waals surface area contributed by atoms with Gasteiger partial charge < -0.3 is 15.7 Å². The minimum Gasteiger partial charge on any atom is -0.465 e. The Morgan fingerprint density at radius 3 is 2.62 bits per heavy atom. The SMILES string of the molecule is O=C(O)N[C@H]1C[C@@H](C2CC2)Nc2ccc(C(F)(F)F)cc21. The molecule has 0 aromatic heterocycles. The molecule has 1 saturated carbocycles. The van der Waals surface area contributed by atoms with E-state index in [4.69, 9.17) is 5.11 Å². The lowest BCUT2D eigenvalue weighted by Gasteiger charge is -2.33. The van der Waals surface area contributed by atoms with E-state index in [1.54, 1.807) is 0 Å². The fourth-order valence-electron chi connectivity index (χ4n) is 2.89. The van der Waals surface area contributed by atoms with Crippen molar-refractivity contribution in [1.29, 1.82) is 0 Å². The molecule has 1 heterocycles. The first-order valence-electron chi connectivity index (χ1n) is 6.82. The van der Waals surface area contributed by atoms with Gasteiger partial charge in [-0.2, -0.15) is 13.2 Å². The van der Waals surface area contributed by atoms with Crippen LogP contribution in [0.25, 0.3) is 0 Å². The zero-order valence-corrected chi connectivity index (χ0v) is 11.1. The smallest absolute Gasteiger partial charge is 0.416 e. The molecule has 7 heteroatoms. The van der Waals surface area contributed by atoms with Gasteiger partial charge in [-0.05, 0) is 48.9 Å². The Labute approximate surface area is 119 Å². The normalized spacial score (nSPS) is 24.9. The summed E-state index contributed by atoms with van der Waals surface area (Å²) in [5.41, 5.74) is 0.194. The van der Waals surface area contributed by atoms with Gasteiger partial charge in [0.15, 0.2) is 0 Å². The Morgan fingerprint density at radius 2 is 2.05 bits per heavy atom. The lowest BCUT2D eigenvalue weighted by atomic mass is 9.89. The average Bonchev–Trinajstić information content (AvgIpc) is 3.20. The van der Waals surface area contributed by atoms with Crippen molar-refractivity contribution in [2.75, 3.05) is 5.32 Å². The van der Waals surface area contributed by atoms with Gasteiger partial charge in [-0.15, -0.1) is 0 Å². The number of fused-ring (bicyclic) bond motifs is 1. The molecule has 0 bridgehead atoms. The van der Waals surface area contributed by atoms with Crippen molar-refractivity contribution in [3.8, 4) is 0 Å². The van der Waals surface area contributed by atoms with E-state index in [1.165, 1.54) is 6.07 Å². The Hall–Kier alpha value is -1.92. The van der Waals surface area contributed by atoms with E-state index < -0.39 is 23.9 Å². The van der Waals surface area contributed by atoms with Crippen LogP contribution >= 0.6 is 0 Å². The average molecular weight is 300 g/mol. The first-order valence-corrected chi connectivity index (χ1v) is 6.82.